The van der Waals surface area contributed by atoms with Gasteiger partial charge in [-0.2, -0.15) is 4.57 Å². The number of rotatable bonds is 2. The number of hydrogen-bond donors (Lipinski definition) is 0. The van der Waals surface area contributed by atoms with Crippen molar-refractivity contribution in [1.29, 1.82) is 0 Å². The van der Waals surface area contributed by atoms with Crippen molar-refractivity contribution in [1.82, 2.24) is 0 Å². The zero-order valence-electron chi connectivity index (χ0n) is 7.66. The molecule has 0 fully saturated rings. The predicted molar refractivity (Wildman–Crippen MR) is 49.7 cm³/mol. The topological polar surface area (TPSA) is 70.3 Å². The number of aromatic nitrogens is 1. The standard InChI is InChI=1S/C7H8N.CH4O4S/c1-2-8-6-4-3-5-7-8;1-5-6(2,3)4/h2-7H,1H2;1H3,(H,2,3,4)/q+1;/p-1. The lowest BCUT2D eigenvalue weighted by Gasteiger charge is -1.98. The van der Waals surface area contributed by atoms with Crippen LogP contribution in [0.2, 0.25) is 0 Å². The van der Waals surface area contributed by atoms with Crippen molar-refractivity contribution in [3.05, 3.63) is 37.2 Å². The van der Waals surface area contributed by atoms with Crippen LogP contribution in [0, 0.1) is 0 Å². The third kappa shape index (κ3) is 7.41. The highest BCUT2D eigenvalue weighted by atomic mass is 32.3. The van der Waals surface area contributed by atoms with E-state index in [0.29, 0.717) is 0 Å². The molecule has 5 nitrogen and oxygen atoms in total. The highest BCUT2D eigenvalue weighted by molar-refractivity contribution is 7.80. The molecular weight excluding hydrogens is 206 g/mol. The van der Waals surface area contributed by atoms with Gasteiger partial charge in [0, 0.05) is 12.1 Å². The minimum Gasteiger partial charge on any atom is -0.726 e. The predicted octanol–water partition coefficient (Wildman–Crippen LogP) is 0.168. The monoisotopic (exact) mass is 217 g/mol. The Morgan fingerprint density at radius 3 is 2.00 bits per heavy atom. The first-order valence-corrected chi connectivity index (χ1v) is 4.92. The third-order valence-electron chi connectivity index (χ3n) is 1.15. The Hall–Kier alpha value is -1.24. The molecule has 1 heterocycles. The fraction of sp³-hybridized carbons (Fsp3) is 0.125. The summed E-state index contributed by atoms with van der Waals surface area (Å²) in [5, 5.41) is 0. The Labute approximate surface area is 83.2 Å². The molecule has 0 spiro atoms. The van der Waals surface area contributed by atoms with Gasteiger partial charge in [-0.15, -0.1) is 0 Å². The molecule has 0 aromatic carbocycles. The Balaban J connectivity index is 0.000000255. The lowest BCUT2D eigenvalue weighted by molar-refractivity contribution is -0.567. The van der Waals surface area contributed by atoms with Crippen molar-refractivity contribution in [3.8, 4) is 0 Å². The van der Waals surface area contributed by atoms with Gasteiger partial charge in [-0.1, -0.05) is 6.07 Å². The van der Waals surface area contributed by atoms with Gasteiger partial charge in [-0.25, -0.2) is 8.42 Å². The molecule has 0 atom stereocenters. The molecule has 0 amide bonds. The minimum absolute atomic E-state index is 0.808. The SMILES string of the molecule is C=C[n+]1ccccc1.COS(=O)(=O)[O-]. The number of hydrogen-bond acceptors (Lipinski definition) is 4. The van der Waals surface area contributed by atoms with Crippen molar-refractivity contribution in [3.63, 3.8) is 0 Å². The molecule has 0 radical (unpaired) electrons. The van der Waals surface area contributed by atoms with Gasteiger partial charge in [0.15, 0.2) is 18.6 Å². The molecule has 0 aliphatic rings. The van der Waals surface area contributed by atoms with E-state index in [4.69, 9.17) is 0 Å². The summed E-state index contributed by atoms with van der Waals surface area (Å²) in [6, 6.07) is 5.89. The highest BCUT2D eigenvalue weighted by Crippen LogP contribution is 1.75. The lowest BCUT2D eigenvalue weighted by atomic mass is 10.5. The van der Waals surface area contributed by atoms with Crippen LogP contribution in [0.1, 0.15) is 0 Å². The van der Waals surface area contributed by atoms with E-state index in [1.165, 1.54) is 0 Å². The van der Waals surface area contributed by atoms with Gasteiger partial charge in [0.1, 0.15) is 0 Å². The molecule has 0 bridgehead atoms. The maximum Gasteiger partial charge on any atom is 0.217 e. The van der Waals surface area contributed by atoms with E-state index < -0.39 is 10.4 Å². The fourth-order valence-electron chi connectivity index (χ4n) is 0.534. The minimum atomic E-state index is -4.41. The zero-order valence-corrected chi connectivity index (χ0v) is 8.48. The van der Waals surface area contributed by atoms with Crippen LogP contribution in [0.3, 0.4) is 0 Å². The van der Waals surface area contributed by atoms with Crippen molar-refractivity contribution in [2.45, 2.75) is 0 Å². The maximum absolute atomic E-state index is 9.22. The van der Waals surface area contributed by atoms with Crippen LogP contribution in [0.4, 0.5) is 0 Å². The summed E-state index contributed by atoms with van der Waals surface area (Å²) in [7, 11) is -3.60. The normalized spacial score (nSPS) is 9.86. The van der Waals surface area contributed by atoms with Crippen LogP contribution in [-0.4, -0.2) is 20.1 Å². The molecule has 0 aliphatic carbocycles. The first-order valence-electron chi connectivity index (χ1n) is 3.59. The van der Waals surface area contributed by atoms with E-state index in [0.717, 1.165) is 7.11 Å². The van der Waals surface area contributed by atoms with Crippen LogP contribution in [0.15, 0.2) is 37.2 Å². The van der Waals surface area contributed by atoms with Crippen molar-refractivity contribution in [2.24, 2.45) is 0 Å². The molecule has 1 aromatic rings. The summed E-state index contributed by atoms with van der Waals surface area (Å²) in [5.74, 6) is 0. The van der Waals surface area contributed by atoms with Crippen LogP contribution in [-0.2, 0) is 14.6 Å². The van der Waals surface area contributed by atoms with E-state index in [2.05, 4.69) is 10.8 Å². The quantitative estimate of drug-likeness (QED) is 0.402. The molecule has 0 saturated heterocycles. The molecule has 0 aliphatic heterocycles. The second kappa shape index (κ2) is 6.25. The Bertz CT molecular complexity index is 360. The van der Waals surface area contributed by atoms with E-state index in [9.17, 15) is 13.0 Å². The molecular formula is C8H11NO4S. The molecule has 0 N–H and O–H groups in total. The second-order valence-electron chi connectivity index (χ2n) is 2.08. The van der Waals surface area contributed by atoms with Gasteiger partial charge in [0.05, 0.1) is 7.11 Å². The van der Waals surface area contributed by atoms with Crippen LogP contribution in [0.5, 0.6) is 0 Å². The van der Waals surface area contributed by atoms with Crippen molar-refractivity contribution < 1.29 is 21.7 Å². The van der Waals surface area contributed by atoms with E-state index in [-0.39, 0.29) is 0 Å². The van der Waals surface area contributed by atoms with Gasteiger partial charge in [-0.05, 0) is 6.58 Å². The van der Waals surface area contributed by atoms with Gasteiger partial charge >= 0.3 is 0 Å². The second-order valence-corrected chi connectivity index (χ2v) is 3.23. The highest BCUT2D eigenvalue weighted by Gasteiger charge is 1.83. The fourth-order valence-corrected chi connectivity index (χ4v) is 0.534. The van der Waals surface area contributed by atoms with E-state index in [1.54, 1.807) is 6.20 Å². The first kappa shape index (κ1) is 12.8. The van der Waals surface area contributed by atoms with Crippen molar-refractivity contribution >= 4 is 16.6 Å². The summed E-state index contributed by atoms with van der Waals surface area (Å²) < 4.78 is 32.9. The van der Waals surface area contributed by atoms with Gasteiger partial charge in [-0.3, -0.25) is 4.18 Å². The molecule has 78 valence electrons. The Morgan fingerprint density at radius 2 is 1.79 bits per heavy atom. The largest absolute Gasteiger partial charge is 0.726 e. The van der Waals surface area contributed by atoms with Gasteiger partial charge < -0.3 is 4.55 Å². The van der Waals surface area contributed by atoms with Crippen molar-refractivity contribution in [2.75, 3.05) is 7.11 Å². The van der Waals surface area contributed by atoms with Crippen LogP contribution in [0.25, 0.3) is 6.20 Å². The molecule has 1 aromatic heterocycles. The van der Waals surface area contributed by atoms with Crippen LogP contribution >= 0.6 is 0 Å². The molecule has 0 unspecified atom stereocenters. The third-order valence-corrected chi connectivity index (χ3v) is 1.56. The zero-order chi connectivity index (χ0) is 11.0. The summed E-state index contributed by atoms with van der Waals surface area (Å²) in [6.07, 6.45) is 5.62. The van der Waals surface area contributed by atoms with Gasteiger partial charge in [0.2, 0.25) is 10.4 Å². The Kier molecular flexibility index (Phi) is 5.70. The summed E-state index contributed by atoms with van der Waals surface area (Å²) >= 11 is 0. The molecule has 0 saturated carbocycles. The smallest absolute Gasteiger partial charge is 0.217 e. The summed E-state index contributed by atoms with van der Waals surface area (Å²) in [6.45, 7) is 3.59. The number of nitrogens with zero attached hydrogens (tertiary/aromatic N) is 1. The van der Waals surface area contributed by atoms with Gasteiger partial charge in [0.25, 0.3) is 0 Å². The maximum atomic E-state index is 9.22. The first-order chi connectivity index (χ1) is 6.49. The average Bonchev–Trinajstić information content (AvgIpc) is 2.19. The Morgan fingerprint density at radius 1 is 1.36 bits per heavy atom. The molecule has 1 rings (SSSR count). The summed E-state index contributed by atoms with van der Waals surface area (Å²) in [4.78, 5) is 0. The molecule has 6 heteroatoms. The van der Waals surface area contributed by atoms with Crippen LogP contribution < -0.4 is 4.57 Å². The van der Waals surface area contributed by atoms with E-state index in [1.807, 2.05) is 35.2 Å². The summed E-state index contributed by atoms with van der Waals surface area (Å²) in [5.41, 5.74) is 0. The number of pyridine rings is 1. The average molecular weight is 217 g/mol. The lowest BCUT2D eigenvalue weighted by Crippen LogP contribution is -2.22. The molecule has 14 heavy (non-hydrogen) atoms. The van der Waals surface area contributed by atoms with E-state index >= 15 is 0 Å².